The summed E-state index contributed by atoms with van der Waals surface area (Å²) in [5.74, 6) is 0. The highest BCUT2D eigenvalue weighted by Gasteiger charge is 2.14. The van der Waals surface area contributed by atoms with Crippen LogP contribution in [0.5, 0.6) is 0 Å². The van der Waals surface area contributed by atoms with Crippen LogP contribution in [0.1, 0.15) is 51.9 Å². The van der Waals surface area contributed by atoms with E-state index in [1.54, 1.807) is 0 Å². The van der Waals surface area contributed by atoms with E-state index in [0.29, 0.717) is 0 Å². The van der Waals surface area contributed by atoms with Crippen LogP contribution in [0.3, 0.4) is 0 Å². The lowest BCUT2D eigenvalue weighted by Gasteiger charge is -2.13. The van der Waals surface area contributed by atoms with Gasteiger partial charge in [0.25, 0.3) is 0 Å². The molecule has 0 radical (unpaired) electrons. The number of unbranched alkanes of at least 4 members (excludes halogenated alkanes) is 5. The molecule has 0 amide bonds. The van der Waals surface area contributed by atoms with E-state index in [4.69, 9.17) is 16.7 Å². The Labute approximate surface area is 92.3 Å². The van der Waals surface area contributed by atoms with Crippen LogP contribution >= 0.6 is 11.6 Å². The van der Waals surface area contributed by atoms with Crippen molar-refractivity contribution in [3.05, 3.63) is 0 Å². The fraction of sp³-hybridized carbons (Fsp3) is 1.00. The van der Waals surface area contributed by atoms with Gasteiger partial charge in [0.2, 0.25) is 0 Å². The van der Waals surface area contributed by atoms with Crippen molar-refractivity contribution < 1.29 is 10.2 Å². The molecule has 0 rings (SSSR count). The van der Waals surface area contributed by atoms with Crippen molar-refractivity contribution in [2.24, 2.45) is 0 Å². The lowest BCUT2D eigenvalue weighted by atomic mass is 10.1. The zero-order valence-corrected chi connectivity index (χ0v) is 9.84. The first-order chi connectivity index (χ1) is 6.72. The number of alkyl halides is 1. The molecule has 2 atom stereocenters. The summed E-state index contributed by atoms with van der Waals surface area (Å²) in [5, 5.41) is 17.5. The third kappa shape index (κ3) is 7.60. The van der Waals surface area contributed by atoms with Gasteiger partial charge in [-0.15, -0.1) is 11.6 Å². The van der Waals surface area contributed by atoms with Gasteiger partial charge in [-0.3, -0.25) is 0 Å². The van der Waals surface area contributed by atoms with Crippen molar-refractivity contribution in [3.63, 3.8) is 0 Å². The molecule has 0 bridgehead atoms. The fourth-order valence-electron chi connectivity index (χ4n) is 1.43. The predicted molar refractivity (Wildman–Crippen MR) is 60.7 cm³/mol. The van der Waals surface area contributed by atoms with E-state index in [9.17, 15) is 5.11 Å². The molecule has 3 heteroatoms. The Kier molecular flexibility index (Phi) is 9.90. The number of rotatable bonds is 9. The van der Waals surface area contributed by atoms with Gasteiger partial charge in [-0.2, -0.15) is 0 Å². The number of hydrogen-bond donors (Lipinski definition) is 2. The smallest absolute Gasteiger partial charge is 0.0933 e. The van der Waals surface area contributed by atoms with E-state index in [2.05, 4.69) is 6.92 Å². The van der Waals surface area contributed by atoms with Crippen LogP contribution in [-0.2, 0) is 0 Å². The van der Waals surface area contributed by atoms with Crippen molar-refractivity contribution in [3.8, 4) is 0 Å². The summed E-state index contributed by atoms with van der Waals surface area (Å²) in [6, 6.07) is 0. The number of aliphatic hydroxyl groups is 2. The molecule has 0 aromatic carbocycles. The van der Waals surface area contributed by atoms with E-state index in [0.717, 1.165) is 12.8 Å². The summed E-state index contributed by atoms with van der Waals surface area (Å²) in [6.07, 6.45) is 7.40. The summed E-state index contributed by atoms with van der Waals surface area (Å²) in [7, 11) is 0. The van der Waals surface area contributed by atoms with Gasteiger partial charge in [-0.1, -0.05) is 45.4 Å². The highest BCUT2D eigenvalue weighted by molar-refractivity contribution is 6.21. The predicted octanol–water partition coefficient (Wildman–Crippen LogP) is 2.70. The minimum atomic E-state index is -0.757. The van der Waals surface area contributed by atoms with Crippen LogP contribution in [0, 0.1) is 0 Å². The van der Waals surface area contributed by atoms with Crippen molar-refractivity contribution in [2.75, 3.05) is 6.61 Å². The Balaban J connectivity index is 3.18. The van der Waals surface area contributed by atoms with Crippen LogP contribution < -0.4 is 0 Å². The molecule has 2 N–H and O–H groups in total. The minimum absolute atomic E-state index is 0.232. The third-order valence-electron chi connectivity index (χ3n) is 2.44. The lowest BCUT2D eigenvalue weighted by molar-refractivity contribution is 0.0890. The molecule has 0 saturated carbocycles. The number of aliphatic hydroxyl groups excluding tert-OH is 2. The van der Waals surface area contributed by atoms with Crippen molar-refractivity contribution in [2.45, 2.75) is 63.4 Å². The maximum Gasteiger partial charge on any atom is 0.0933 e. The van der Waals surface area contributed by atoms with Crippen LogP contribution in [0.25, 0.3) is 0 Å². The van der Waals surface area contributed by atoms with Gasteiger partial charge in [-0.05, 0) is 6.42 Å². The van der Waals surface area contributed by atoms with Gasteiger partial charge in [0.1, 0.15) is 0 Å². The first kappa shape index (κ1) is 14.2. The Morgan fingerprint density at radius 2 is 1.64 bits per heavy atom. The normalized spacial score (nSPS) is 15.4. The second-order valence-electron chi connectivity index (χ2n) is 3.82. The molecule has 14 heavy (non-hydrogen) atoms. The summed E-state index contributed by atoms with van der Waals surface area (Å²) >= 11 is 5.86. The molecule has 0 heterocycles. The van der Waals surface area contributed by atoms with Crippen LogP contribution in [-0.4, -0.2) is 28.3 Å². The van der Waals surface area contributed by atoms with E-state index in [1.807, 2.05) is 0 Å². The fourth-order valence-corrected chi connectivity index (χ4v) is 1.66. The molecule has 0 fully saturated rings. The molecule has 2 nitrogen and oxygen atoms in total. The van der Waals surface area contributed by atoms with Gasteiger partial charge in [0, 0.05) is 0 Å². The van der Waals surface area contributed by atoms with Gasteiger partial charge >= 0.3 is 0 Å². The molecule has 0 saturated heterocycles. The molecule has 0 aliphatic heterocycles. The molecule has 0 aromatic heterocycles. The quantitative estimate of drug-likeness (QED) is 0.465. The largest absolute Gasteiger partial charge is 0.394 e. The zero-order valence-electron chi connectivity index (χ0n) is 9.08. The summed E-state index contributed by atoms with van der Waals surface area (Å²) in [6.45, 7) is 1.97. The highest BCUT2D eigenvalue weighted by atomic mass is 35.5. The van der Waals surface area contributed by atoms with E-state index < -0.39 is 6.10 Å². The first-order valence-electron chi connectivity index (χ1n) is 5.65. The average molecular weight is 223 g/mol. The molecule has 0 aromatic rings. The molecule has 0 aliphatic carbocycles. The molecule has 2 unspecified atom stereocenters. The Morgan fingerprint density at radius 1 is 1.07 bits per heavy atom. The van der Waals surface area contributed by atoms with E-state index in [-0.39, 0.29) is 12.0 Å². The van der Waals surface area contributed by atoms with Gasteiger partial charge in [-0.25, -0.2) is 0 Å². The topological polar surface area (TPSA) is 40.5 Å². The maximum atomic E-state index is 9.19. The van der Waals surface area contributed by atoms with Gasteiger partial charge in [0.05, 0.1) is 18.1 Å². The molecular weight excluding hydrogens is 200 g/mol. The molecule has 0 spiro atoms. The van der Waals surface area contributed by atoms with Gasteiger partial charge in [0.15, 0.2) is 0 Å². The lowest BCUT2D eigenvalue weighted by Crippen LogP contribution is -2.24. The average Bonchev–Trinajstić information content (AvgIpc) is 2.21. The second kappa shape index (κ2) is 9.75. The monoisotopic (exact) mass is 222 g/mol. The van der Waals surface area contributed by atoms with Crippen LogP contribution in [0.2, 0.25) is 0 Å². The summed E-state index contributed by atoms with van der Waals surface area (Å²) in [5.41, 5.74) is 0. The minimum Gasteiger partial charge on any atom is -0.394 e. The summed E-state index contributed by atoms with van der Waals surface area (Å²) < 4.78 is 0. The Bertz CT molecular complexity index is 120. The number of halogens is 1. The molecular formula is C11H23ClO2. The van der Waals surface area contributed by atoms with Crippen LogP contribution in [0.4, 0.5) is 0 Å². The Morgan fingerprint density at radius 3 is 2.21 bits per heavy atom. The summed E-state index contributed by atoms with van der Waals surface area (Å²) in [4.78, 5) is 0. The maximum absolute atomic E-state index is 9.19. The van der Waals surface area contributed by atoms with Crippen molar-refractivity contribution >= 4 is 11.6 Å². The number of hydrogen-bond acceptors (Lipinski definition) is 2. The van der Waals surface area contributed by atoms with Gasteiger partial charge < -0.3 is 10.2 Å². The molecule has 0 aliphatic rings. The van der Waals surface area contributed by atoms with Crippen LogP contribution in [0.15, 0.2) is 0 Å². The zero-order chi connectivity index (χ0) is 10.8. The SMILES string of the molecule is CCCCCCCCC(Cl)C(O)CO. The second-order valence-corrected chi connectivity index (χ2v) is 4.38. The Hall–Kier alpha value is 0.210. The van der Waals surface area contributed by atoms with E-state index in [1.165, 1.54) is 32.1 Å². The first-order valence-corrected chi connectivity index (χ1v) is 6.09. The standard InChI is InChI=1S/C11H23ClO2/c1-2-3-4-5-6-7-8-10(12)11(14)9-13/h10-11,13-14H,2-9H2,1H3. The third-order valence-corrected chi connectivity index (χ3v) is 2.95. The van der Waals surface area contributed by atoms with E-state index >= 15 is 0 Å². The van der Waals surface area contributed by atoms with Crippen molar-refractivity contribution in [1.82, 2.24) is 0 Å². The highest BCUT2D eigenvalue weighted by Crippen LogP contribution is 2.14. The molecule has 86 valence electrons. The van der Waals surface area contributed by atoms with Crippen molar-refractivity contribution in [1.29, 1.82) is 0 Å².